The van der Waals surface area contributed by atoms with Gasteiger partial charge in [-0.25, -0.2) is 4.98 Å². The molecule has 0 spiro atoms. The quantitative estimate of drug-likeness (QED) is 0.876. The summed E-state index contributed by atoms with van der Waals surface area (Å²) in [6.07, 6.45) is 4.19. The van der Waals surface area contributed by atoms with Crippen LogP contribution >= 0.6 is 15.9 Å². The Balaban J connectivity index is 2.00. The first-order valence-electron chi connectivity index (χ1n) is 5.77. The molecule has 0 aliphatic carbocycles. The van der Waals surface area contributed by atoms with Crippen molar-refractivity contribution in [2.45, 2.75) is 38.8 Å². The maximum absolute atomic E-state index is 4.38. The van der Waals surface area contributed by atoms with E-state index in [1.54, 1.807) is 0 Å². The number of pyridine rings is 1. The average molecular weight is 284 g/mol. The van der Waals surface area contributed by atoms with Crippen LogP contribution < -0.4 is 10.6 Å². The van der Waals surface area contributed by atoms with Crippen LogP contribution in [0.4, 0.5) is 5.82 Å². The molecule has 0 aromatic carbocycles. The van der Waals surface area contributed by atoms with Crippen LogP contribution in [-0.4, -0.2) is 23.6 Å². The lowest BCUT2D eigenvalue weighted by Gasteiger charge is -2.29. The molecule has 2 N–H and O–H groups in total. The van der Waals surface area contributed by atoms with E-state index in [0.29, 0.717) is 12.1 Å². The van der Waals surface area contributed by atoms with E-state index in [-0.39, 0.29) is 0 Å². The lowest BCUT2D eigenvalue weighted by atomic mass is 10.0. The van der Waals surface area contributed by atoms with E-state index in [4.69, 9.17) is 0 Å². The molecule has 0 radical (unpaired) electrons. The van der Waals surface area contributed by atoms with Gasteiger partial charge in [-0.3, -0.25) is 0 Å². The Labute approximate surface area is 105 Å². The van der Waals surface area contributed by atoms with Gasteiger partial charge in [0.1, 0.15) is 5.82 Å². The van der Waals surface area contributed by atoms with Gasteiger partial charge in [0.05, 0.1) is 0 Å². The summed E-state index contributed by atoms with van der Waals surface area (Å²) in [4.78, 5) is 4.38. The molecule has 0 saturated carbocycles. The Morgan fingerprint density at radius 3 is 3.06 bits per heavy atom. The Hall–Kier alpha value is -0.610. The topological polar surface area (TPSA) is 37.0 Å². The molecule has 1 saturated heterocycles. The zero-order chi connectivity index (χ0) is 11.5. The van der Waals surface area contributed by atoms with Crippen molar-refractivity contribution in [2.24, 2.45) is 0 Å². The lowest BCUT2D eigenvalue weighted by molar-refractivity contribution is 0.396. The molecular formula is C12H18BrN3. The molecule has 4 heteroatoms. The van der Waals surface area contributed by atoms with E-state index in [2.05, 4.69) is 51.5 Å². The van der Waals surface area contributed by atoms with Gasteiger partial charge in [0.2, 0.25) is 0 Å². The number of rotatable bonds is 2. The van der Waals surface area contributed by atoms with Crippen molar-refractivity contribution < 1.29 is 0 Å². The predicted molar refractivity (Wildman–Crippen MR) is 70.8 cm³/mol. The van der Waals surface area contributed by atoms with Crippen molar-refractivity contribution in [1.29, 1.82) is 0 Å². The summed E-state index contributed by atoms with van der Waals surface area (Å²) in [5.41, 5.74) is 1.22. The average Bonchev–Trinajstić information content (AvgIpc) is 2.24. The molecule has 2 unspecified atom stereocenters. The van der Waals surface area contributed by atoms with E-state index < -0.39 is 0 Å². The molecule has 2 rings (SSSR count). The molecule has 0 amide bonds. The Bertz CT molecular complexity index is 367. The third-order valence-corrected chi connectivity index (χ3v) is 3.85. The monoisotopic (exact) mass is 283 g/mol. The van der Waals surface area contributed by atoms with Gasteiger partial charge in [0.25, 0.3) is 0 Å². The van der Waals surface area contributed by atoms with Gasteiger partial charge in [0.15, 0.2) is 0 Å². The Morgan fingerprint density at radius 1 is 1.56 bits per heavy atom. The predicted octanol–water partition coefficient (Wildman–Crippen LogP) is 2.70. The van der Waals surface area contributed by atoms with Crippen molar-refractivity contribution >= 4 is 21.7 Å². The maximum atomic E-state index is 4.38. The maximum Gasteiger partial charge on any atom is 0.126 e. The van der Waals surface area contributed by atoms with Gasteiger partial charge in [-0.1, -0.05) is 0 Å². The van der Waals surface area contributed by atoms with Crippen molar-refractivity contribution in [1.82, 2.24) is 10.3 Å². The fourth-order valence-corrected chi connectivity index (χ4v) is 2.31. The molecule has 2 heterocycles. The summed E-state index contributed by atoms with van der Waals surface area (Å²) in [6, 6.07) is 3.24. The van der Waals surface area contributed by atoms with Crippen molar-refractivity contribution in [3.05, 3.63) is 22.3 Å². The van der Waals surface area contributed by atoms with Gasteiger partial charge in [0, 0.05) is 22.8 Å². The summed E-state index contributed by atoms with van der Waals surface area (Å²) in [5.74, 6) is 0.986. The number of nitrogens with zero attached hydrogens (tertiary/aromatic N) is 1. The zero-order valence-electron chi connectivity index (χ0n) is 9.76. The van der Waals surface area contributed by atoms with Crippen LogP contribution in [0, 0.1) is 6.92 Å². The minimum Gasteiger partial charge on any atom is -0.367 e. The number of aryl methyl sites for hydroxylation is 1. The number of piperidine rings is 1. The van der Waals surface area contributed by atoms with E-state index in [9.17, 15) is 0 Å². The van der Waals surface area contributed by atoms with Crippen molar-refractivity contribution in [3.8, 4) is 0 Å². The van der Waals surface area contributed by atoms with Crippen molar-refractivity contribution in [2.75, 3.05) is 11.9 Å². The second kappa shape index (κ2) is 5.15. The first kappa shape index (κ1) is 11.9. The molecule has 1 aliphatic rings. The molecule has 0 bridgehead atoms. The van der Waals surface area contributed by atoms with Gasteiger partial charge in [-0.05, 0) is 60.8 Å². The first-order chi connectivity index (χ1) is 7.65. The highest BCUT2D eigenvalue weighted by Crippen LogP contribution is 2.19. The summed E-state index contributed by atoms with van der Waals surface area (Å²) >= 11 is 3.46. The molecule has 88 valence electrons. The molecule has 1 aromatic heterocycles. The summed E-state index contributed by atoms with van der Waals surface area (Å²) in [7, 11) is 0. The van der Waals surface area contributed by atoms with Crippen LogP contribution in [0.5, 0.6) is 0 Å². The van der Waals surface area contributed by atoms with E-state index in [1.807, 2.05) is 6.20 Å². The Kier molecular flexibility index (Phi) is 3.82. The van der Waals surface area contributed by atoms with Gasteiger partial charge in [-0.15, -0.1) is 0 Å². The van der Waals surface area contributed by atoms with Crippen molar-refractivity contribution in [3.63, 3.8) is 0 Å². The number of nitrogens with one attached hydrogen (secondary N) is 2. The fourth-order valence-electron chi connectivity index (χ4n) is 2.09. The van der Waals surface area contributed by atoms with Gasteiger partial charge in [-0.2, -0.15) is 0 Å². The highest BCUT2D eigenvalue weighted by Gasteiger charge is 2.18. The molecule has 1 aromatic rings. The summed E-state index contributed by atoms with van der Waals surface area (Å²) in [5, 5.41) is 6.96. The number of hydrogen-bond acceptors (Lipinski definition) is 3. The second-order valence-corrected chi connectivity index (χ2v) is 5.39. The van der Waals surface area contributed by atoms with Crippen LogP contribution in [0.3, 0.4) is 0 Å². The smallest absolute Gasteiger partial charge is 0.126 e. The Morgan fingerprint density at radius 2 is 2.38 bits per heavy atom. The number of anilines is 1. The molecule has 1 fully saturated rings. The molecular weight excluding hydrogens is 266 g/mol. The fraction of sp³-hybridized carbons (Fsp3) is 0.583. The molecule has 1 aliphatic heterocycles. The molecule has 3 nitrogen and oxygen atoms in total. The standard InChI is InChI=1S/C12H18BrN3/c1-8-5-12(15-7-11(8)13)16-10-3-4-14-9(2)6-10/h5,7,9-10,14H,3-4,6H2,1-2H3,(H,15,16). The van der Waals surface area contributed by atoms with Gasteiger partial charge < -0.3 is 10.6 Å². The normalized spacial score (nSPS) is 25.4. The van der Waals surface area contributed by atoms with Crippen LogP contribution in [0.15, 0.2) is 16.7 Å². The summed E-state index contributed by atoms with van der Waals surface area (Å²) in [6.45, 7) is 5.41. The third-order valence-electron chi connectivity index (χ3n) is 3.02. The number of aromatic nitrogens is 1. The summed E-state index contributed by atoms with van der Waals surface area (Å²) < 4.78 is 1.07. The SMILES string of the molecule is Cc1cc(NC2CCNC(C)C2)ncc1Br. The van der Waals surface area contributed by atoms with E-state index >= 15 is 0 Å². The van der Waals surface area contributed by atoms with E-state index in [1.165, 1.54) is 12.0 Å². The van der Waals surface area contributed by atoms with Crippen LogP contribution in [0.25, 0.3) is 0 Å². The van der Waals surface area contributed by atoms with Crippen LogP contribution in [0.1, 0.15) is 25.3 Å². The first-order valence-corrected chi connectivity index (χ1v) is 6.56. The molecule has 2 atom stereocenters. The van der Waals surface area contributed by atoms with Crippen LogP contribution in [0.2, 0.25) is 0 Å². The minimum atomic E-state index is 0.546. The second-order valence-electron chi connectivity index (χ2n) is 4.54. The van der Waals surface area contributed by atoms with Crippen LogP contribution in [-0.2, 0) is 0 Å². The number of halogens is 1. The lowest BCUT2D eigenvalue weighted by Crippen LogP contribution is -2.41. The highest BCUT2D eigenvalue weighted by molar-refractivity contribution is 9.10. The highest BCUT2D eigenvalue weighted by atomic mass is 79.9. The molecule has 16 heavy (non-hydrogen) atoms. The zero-order valence-corrected chi connectivity index (χ0v) is 11.3. The van der Waals surface area contributed by atoms with E-state index in [0.717, 1.165) is 23.3 Å². The minimum absolute atomic E-state index is 0.546. The third kappa shape index (κ3) is 2.95. The number of hydrogen-bond donors (Lipinski definition) is 2. The largest absolute Gasteiger partial charge is 0.367 e. The van der Waals surface area contributed by atoms with Gasteiger partial charge >= 0.3 is 0 Å².